The van der Waals surface area contributed by atoms with E-state index in [-0.39, 0.29) is 5.91 Å². The van der Waals surface area contributed by atoms with Gasteiger partial charge in [0.05, 0.1) is 18.9 Å². The number of hydrogen-bond donors (Lipinski definition) is 1. The molecule has 1 N–H and O–H groups in total. The Morgan fingerprint density at radius 3 is 2.74 bits per heavy atom. The number of carbonyl (C=O) groups excluding carboxylic acids is 2. The van der Waals surface area contributed by atoms with Gasteiger partial charge in [0.1, 0.15) is 11.9 Å². The van der Waals surface area contributed by atoms with E-state index in [0.717, 1.165) is 16.7 Å². The van der Waals surface area contributed by atoms with E-state index in [1.54, 1.807) is 5.94 Å². The van der Waals surface area contributed by atoms with Crippen LogP contribution in [0.5, 0.6) is 0 Å². The number of carbonyl (C=O) groups is 1. The molecule has 1 fully saturated rings. The molecule has 1 amide bonds. The van der Waals surface area contributed by atoms with Gasteiger partial charge in [0.2, 0.25) is 5.91 Å². The molecule has 0 radical (unpaired) electrons. The summed E-state index contributed by atoms with van der Waals surface area (Å²) >= 11 is 0. The third kappa shape index (κ3) is 2.74. The van der Waals surface area contributed by atoms with Crippen LogP contribution in [0.25, 0.3) is 0 Å². The Hall–Kier alpha value is -1.94. The van der Waals surface area contributed by atoms with Crippen molar-refractivity contribution in [2.75, 3.05) is 0 Å². The predicted octanol–water partition coefficient (Wildman–Crippen LogP) is 0.714. The summed E-state index contributed by atoms with van der Waals surface area (Å²) in [5.74, 6) is 0.602. The van der Waals surface area contributed by atoms with Gasteiger partial charge in [0.15, 0.2) is 6.23 Å². The Labute approximate surface area is 111 Å². The molecule has 0 aromatic heterocycles. The van der Waals surface area contributed by atoms with Gasteiger partial charge in [0.25, 0.3) is 0 Å². The lowest BCUT2D eigenvalue weighted by Crippen LogP contribution is -2.62. The van der Waals surface area contributed by atoms with Gasteiger partial charge >= 0.3 is 0 Å². The summed E-state index contributed by atoms with van der Waals surface area (Å²) in [5.41, 5.74) is 0.959. The minimum atomic E-state index is -0.815. The molecule has 100 valence electrons. The molecular weight excluding hydrogens is 246 g/mol. The maximum atomic E-state index is 11.7. The summed E-state index contributed by atoms with van der Waals surface area (Å²) in [5, 5.41) is 9.56. The summed E-state index contributed by atoms with van der Waals surface area (Å²) in [7, 11) is 0. The molecule has 0 aliphatic carbocycles. The number of aliphatic hydroxyl groups excluding tert-OH is 1. The first-order valence-corrected chi connectivity index (χ1v) is 6.02. The first-order valence-electron chi connectivity index (χ1n) is 6.02. The molecule has 2 rings (SSSR count). The zero-order valence-corrected chi connectivity index (χ0v) is 10.5. The Morgan fingerprint density at radius 1 is 1.47 bits per heavy atom. The topological polar surface area (TPSA) is 66.8 Å². The van der Waals surface area contributed by atoms with Crippen molar-refractivity contribution in [1.82, 2.24) is 4.90 Å². The second-order valence-electron chi connectivity index (χ2n) is 4.45. The zero-order valence-electron chi connectivity index (χ0n) is 10.5. The Kier molecular flexibility index (Phi) is 4.12. The molecule has 1 aromatic rings. The highest BCUT2D eigenvalue weighted by molar-refractivity contribution is 5.88. The van der Waals surface area contributed by atoms with Crippen molar-refractivity contribution >= 4 is 11.8 Å². The van der Waals surface area contributed by atoms with Crippen LogP contribution in [0.3, 0.4) is 0 Å². The number of β-lactam (4-membered cyclic amide) rings is 1. The summed E-state index contributed by atoms with van der Waals surface area (Å²) in [6, 6.07) is 9.48. The molecule has 0 spiro atoms. The van der Waals surface area contributed by atoms with Crippen molar-refractivity contribution in [3.63, 3.8) is 0 Å². The van der Waals surface area contributed by atoms with Crippen LogP contribution >= 0.6 is 0 Å². The lowest BCUT2D eigenvalue weighted by Gasteiger charge is -2.45. The van der Waals surface area contributed by atoms with Crippen LogP contribution in [0, 0.1) is 5.92 Å². The summed E-state index contributed by atoms with van der Waals surface area (Å²) in [4.78, 5) is 23.2. The van der Waals surface area contributed by atoms with Crippen molar-refractivity contribution in [1.29, 1.82) is 0 Å². The molecule has 5 heteroatoms. The largest absolute Gasteiger partial charge is 0.392 e. The molecule has 1 saturated heterocycles. The first-order chi connectivity index (χ1) is 9.15. The third-order valence-corrected chi connectivity index (χ3v) is 3.10. The van der Waals surface area contributed by atoms with Gasteiger partial charge < -0.3 is 9.84 Å². The van der Waals surface area contributed by atoms with Gasteiger partial charge in [-0.3, -0.25) is 9.69 Å². The van der Waals surface area contributed by atoms with Crippen LogP contribution in [-0.4, -0.2) is 34.2 Å². The fourth-order valence-electron chi connectivity index (χ4n) is 2.09. The van der Waals surface area contributed by atoms with E-state index < -0.39 is 18.2 Å². The number of rotatable bonds is 5. The van der Waals surface area contributed by atoms with Gasteiger partial charge in [-0.25, -0.2) is 4.79 Å². The van der Waals surface area contributed by atoms with E-state index in [4.69, 9.17) is 4.74 Å². The lowest BCUT2D eigenvalue weighted by atomic mass is 9.91. The van der Waals surface area contributed by atoms with E-state index >= 15 is 0 Å². The minimum Gasteiger partial charge on any atom is -0.392 e. The van der Waals surface area contributed by atoms with Gasteiger partial charge in [-0.05, 0) is 12.5 Å². The highest BCUT2D eigenvalue weighted by Crippen LogP contribution is 2.31. The third-order valence-electron chi connectivity index (χ3n) is 3.10. The molecule has 1 heterocycles. The van der Waals surface area contributed by atoms with E-state index in [1.807, 2.05) is 30.3 Å². The molecule has 1 aliphatic heterocycles. The fourth-order valence-corrected chi connectivity index (χ4v) is 2.09. The zero-order chi connectivity index (χ0) is 13.8. The highest BCUT2D eigenvalue weighted by Gasteiger charge is 2.50. The summed E-state index contributed by atoms with van der Waals surface area (Å²) in [6.45, 7) is 1.84. The Balaban J connectivity index is 2.03. The molecule has 19 heavy (non-hydrogen) atoms. The van der Waals surface area contributed by atoms with Gasteiger partial charge in [-0.1, -0.05) is 30.3 Å². The normalized spacial score (nSPS) is 23.5. The molecule has 3 atom stereocenters. The average molecular weight is 261 g/mol. The van der Waals surface area contributed by atoms with E-state index in [1.165, 1.54) is 6.92 Å². The second-order valence-corrected chi connectivity index (χ2v) is 4.45. The second kappa shape index (κ2) is 5.80. The minimum absolute atomic E-state index is 0.311. The van der Waals surface area contributed by atoms with Crippen LogP contribution in [0.1, 0.15) is 12.5 Å². The number of nitrogens with zero attached hydrogens (tertiary/aromatic N) is 1. The van der Waals surface area contributed by atoms with E-state index in [0.29, 0.717) is 6.61 Å². The monoisotopic (exact) mass is 261 g/mol. The van der Waals surface area contributed by atoms with Crippen LogP contribution < -0.4 is 0 Å². The average Bonchev–Trinajstić information content (AvgIpc) is 2.41. The predicted molar refractivity (Wildman–Crippen MR) is 67.3 cm³/mol. The summed E-state index contributed by atoms with van der Waals surface area (Å²) in [6.07, 6.45) is -0.421. The number of ether oxygens (including phenoxy) is 1. The molecular formula is C14H15NO4. The quantitative estimate of drug-likeness (QED) is 0.626. The van der Waals surface area contributed by atoms with Crippen LogP contribution in [0.4, 0.5) is 0 Å². The van der Waals surface area contributed by atoms with Crippen molar-refractivity contribution < 1.29 is 19.4 Å². The molecule has 1 aliphatic rings. The maximum Gasteiger partial charge on any atom is 0.239 e. The van der Waals surface area contributed by atoms with Gasteiger partial charge in [-0.15, -0.1) is 0 Å². The molecule has 0 unspecified atom stereocenters. The number of likely N-dealkylation sites (tertiary alicyclic amines) is 1. The number of aliphatic hydroxyl groups is 1. The van der Waals surface area contributed by atoms with Crippen molar-refractivity contribution in [2.24, 2.45) is 5.92 Å². The Bertz CT molecular complexity index is 493. The van der Waals surface area contributed by atoms with Crippen molar-refractivity contribution in [3.8, 4) is 0 Å². The Morgan fingerprint density at radius 2 is 2.16 bits per heavy atom. The molecule has 5 nitrogen and oxygen atoms in total. The molecule has 1 aromatic carbocycles. The molecule has 0 saturated carbocycles. The van der Waals surface area contributed by atoms with E-state index in [2.05, 4.69) is 0 Å². The van der Waals surface area contributed by atoms with Crippen molar-refractivity contribution in [3.05, 3.63) is 42.1 Å². The molecule has 0 bridgehead atoms. The number of hydrogen-bond acceptors (Lipinski definition) is 4. The van der Waals surface area contributed by atoms with E-state index in [9.17, 15) is 14.7 Å². The van der Waals surface area contributed by atoms with Crippen LogP contribution in [-0.2, 0) is 20.9 Å². The SMILES string of the molecule is C[C@H](O)[C@@H]1C(=O)N(C=C=O)[C@@H]1OCc1ccccc1. The fraction of sp³-hybridized carbons (Fsp3) is 0.357. The van der Waals surface area contributed by atoms with Gasteiger partial charge in [-0.2, -0.15) is 0 Å². The maximum absolute atomic E-state index is 11.7. The first kappa shape index (κ1) is 13.5. The summed E-state index contributed by atoms with van der Waals surface area (Å²) < 4.78 is 5.61. The number of benzene rings is 1. The van der Waals surface area contributed by atoms with Crippen LogP contribution in [0.15, 0.2) is 36.5 Å². The number of amides is 1. The van der Waals surface area contributed by atoms with Crippen molar-refractivity contribution in [2.45, 2.75) is 25.9 Å². The van der Waals surface area contributed by atoms with Gasteiger partial charge in [0, 0.05) is 0 Å². The van der Waals surface area contributed by atoms with Crippen LogP contribution in [0.2, 0.25) is 0 Å². The lowest BCUT2D eigenvalue weighted by molar-refractivity contribution is -0.197. The smallest absolute Gasteiger partial charge is 0.239 e. The standard InChI is InChI=1S/C14H15NO4/c1-10(17)12-13(18)15(7-8-16)14(12)19-9-11-5-3-2-4-6-11/h2-7,10,12,14,17H,9H2,1H3/t10-,12+,14+/m0/s1. The highest BCUT2D eigenvalue weighted by atomic mass is 16.5.